The van der Waals surface area contributed by atoms with Crippen LogP contribution in [0, 0.1) is 0 Å². The first-order chi connectivity index (χ1) is 9.40. The van der Waals surface area contributed by atoms with Crippen molar-refractivity contribution in [1.29, 1.82) is 0 Å². The van der Waals surface area contributed by atoms with Gasteiger partial charge in [0, 0.05) is 24.0 Å². The van der Waals surface area contributed by atoms with Gasteiger partial charge in [-0.3, -0.25) is 0 Å². The standard InChI is InChI=1S/C18H22O/c1-2-3-12-17-18(14-9-5-4-6-10-14)15-11-7-8-13-16(15)19-17/h4-6,9-10H,2-3,7-8,11-13H2,1H3. The van der Waals surface area contributed by atoms with E-state index < -0.39 is 0 Å². The molecule has 0 bridgehead atoms. The molecule has 0 saturated carbocycles. The second kappa shape index (κ2) is 5.64. The summed E-state index contributed by atoms with van der Waals surface area (Å²) in [6.07, 6.45) is 8.41. The minimum Gasteiger partial charge on any atom is -0.465 e. The average molecular weight is 254 g/mol. The lowest BCUT2D eigenvalue weighted by Crippen LogP contribution is -2.00. The molecule has 3 rings (SSSR count). The van der Waals surface area contributed by atoms with Gasteiger partial charge >= 0.3 is 0 Å². The van der Waals surface area contributed by atoms with Gasteiger partial charge in [0.15, 0.2) is 0 Å². The summed E-state index contributed by atoms with van der Waals surface area (Å²) < 4.78 is 6.19. The fourth-order valence-corrected chi connectivity index (χ4v) is 3.08. The Bertz CT molecular complexity index is 536. The van der Waals surface area contributed by atoms with E-state index in [1.165, 1.54) is 60.3 Å². The van der Waals surface area contributed by atoms with Gasteiger partial charge in [0.05, 0.1) is 0 Å². The third kappa shape index (κ3) is 2.47. The maximum absolute atomic E-state index is 6.19. The molecular weight excluding hydrogens is 232 g/mol. The fourth-order valence-electron chi connectivity index (χ4n) is 3.08. The first-order valence-electron chi connectivity index (χ1n) is 7.59. The molecule has 1 aliphatic carbocycles. The average Bonchev–Trinajstić information content (AvgIpc) is 2.84. The van der Waals surface area contributed by atoms with Crippen LogP contribution in [-0.2, 0) is 19.3 Å². The topological polar surface area (TPSA) is 13.1 Å². The van der Waals surface area contributed by atoms with Gasteiger partial charge < -0.3 is 4.42 Å². The third-order valence-electron chi connectivity index (χ3n) is 4.06. The van der Waals surface area contributed by atoms with Gasteiger partial charge in [-0.2, -0.15) is 0 Å². The molecule has 1 heterocycles. The van der Waals surface area contributed by atoms with E-state index >= 15 is 0 Å². The van der Waals surface area contributed by atoms with E-state index in [4.69, 9.17) is 4.42 Å². The van der Waals surface area contributed by atoms with Crippen LogP contribution in [0.3, 0.4) is 0 Å². The Labute approximate surface area is 115 Å². The van der Waals surface area contributed by atoms with Crippen molar-refractivity contribution in [2.24, 2.45) is 0 Å². The maximum atomic E-state index is 6.19. The predicted molar refractivity (Wildman–Crippen MR) is 79.4 cm³/mol. The van der Waals surface area contributed by atoms with Crippen molar-refractivity contribution in [2.45, 2.75) is 51.9 Å². The van der Waals surface area contributed by atoms with Crippen molar-refractivity contribution >= 4 is 0 Å². The van der Waals surface area contributed by atoms with Gasteiger partial charge in [0.1, 0.15) is 11.5 Å². The minimum absolute atomic E-state index is 1.08. The largest absolute Gasteiger partial charge is 0.465 e. The van der Waals surface area contributed by atoms with Crippen LogP contribution < -0.4 is 0 Å². The van der Waals surface area contributed by atoms with Crippen LogP contribution in [-0.4, -0.2) is 0 Å². The van der Waals surface area contributed by atoms with Crippen LogP contribution in [0.2, 0.25) is 0 Å². The molecule has 100 valence electrons. The summed E-state index contributed by atoms with van der Waals surface area (Å²) in [7, 11) is 0. The van der Waals surface area contributed by atoms with Crippen LogP contribution in [0.25, 0.3) is 11.1 Å². The molecule has 0 atom stereocenters. The molecule has 0 unspecified atom stereocenters. The highest BCUT2D eigenvalue weighted by Crippen LogP contribution is 2.37. The van der Waals surface area contributed by atoms with Crippen molar-refractivity contribution in [3.8, 4) is 11.1 Å². The van der Waals surface area contributed by atoms with Gasteiger partial charge in [-0.1, -0.05) is 43.7 Å². The maximum Gasteiger partial charge on any atom is 0.112 e. The van der Waals surface area contributed by atoms with Crippen molar-refractivity contribution in [3.63, 3.8) is 0 Å². The second-order valence-electron chi connectivity index (χ2n) is 5.48. The van der Waals surface area contributed by atoms with Gasteiger partial charge in [-0.05, 0) is 31.2 Å². The van der Waals surface area contributed by atoms with E-state index in [2.05, 4.69) is 37.3 Å². The normalized spacial score (nSPS) is 14.4. The molecule has 0 aliphatic heterocycles. The number of rotatable bonds is 4. The van der Waals surface area contributed by atoms with Crippen LogP contribution in [0.4, 0.5) is 0 Å². The van der Waals surface area contributed by atoms with Gasteiger partial charge in [0.25, 0.3) is 0 Å². The highest BCUT2D eigenvalue weighted by Gasteiger charge is 2.22. The second-order valence-corrected chi connectivity index (χ2v) is 5.48. The van der Waals surface area contributed by atoms with Crippen LogP contribution >= 0.6 is 0 Å². The molecule has 0 radical (unpaired) electrons. The Hall–Kier alpha value is -1.50. The lowest BCUT2D eigenvalue weighted by atomic mass is 9.90. The molecular formula is C18H22O. The molecule has 0 saturated heterocycles. The lowest BCUT2D eigenvalue weighted by molar-refractivity contribution is 0.440. The number of benzene rings is 1. The van der Waals surface area contributed by atoms with E-state index in [-0.39, 0.29) is 0 Å². The van der Waals surface area contributed by atoms with Crippen molar-refractivity contribution in [3.05, 3.63) is 47.4 Å². The summed E-state index contributed by atoms with van der Waals surface area (Å²) in [5.74, 6) is 2.48. The predicted octanol–water partition coefficient (Wildman–Crippen LogP) is 5.17. The summed E-state index contributed by atoms with van der Waals surface area (Å²) in [4.78, 5) is 0. The van der Waals surface area contributed by atoms with Crippen LogP contribution in [0.5, 0.6) is 0 Å². The van der Waals surface area contributed by atoms with E-state index in [0.717, 1.165) is 12.8 Å². The Morgan fingerprint density at radius 1 is 1.05 bits per heavy atom. The lowest BCUT2D eigenvalue weighted by Gasteiger charge is -2.11. The molecule has 19 heavy (non-hydrogen) atoms. The first-order valence-corrected chi connectivity index (χ1v) is 7.59. The Kier molecular flexibility index (Phi) is 3.72. The highest BCUT2D eigenvalue weighted by molar-refractivity contribution is 5.71. The number of hydrogen-bond donors (Lipinski definition) is 0. The summed E-state index contributed by atoms with van der Waals surface area (Å²) in [6, 6.07) is 10.8. The third-order valence-corrected chi connectivity index (χ3v) is 4.06. The summed E-state index contributed by atoms with van der Waals surface area (Å²) in [5.41, 5.74) is 4.23. The molecule has 1 aromatic heterocycles. The molecule has 0 N–H and O–H groups in total. The number of furan rings is 1. The van der Waals surface area contributed by atoms with Crippen LogP contribution in [0.15, 0.2) is 34.7 Å². The van der Waals surface area contributed by atoms with E-state index in [1.807, 2.05) is 0 Å². The Morgan fingerprint density at radius 3 is 2.63 bits per heavy atom. The Morgan fingerprint density at radius 2 is 1.84 bits per heavy atom. The van der Waals surface area contributed by atoms with E-state index in [0.29, 0.717) is 0 Å². The number of hydrogen-bond acceptors (Lipinski definition) is 1. The molecule has 1 heteroatoms. The first kappa shape index (κ1) is 12.5. The number of fused-ring (bicyclic) bond motifs is 1. The smallest absolute Gasteiger partial charge is 0.112 e. The van der Waals surface area contributed by atoms with E-state index in [1.54, 1.807) is 0 Å². The van der Waals surface area contributed by atoms with Crippen LogP contribution in [0.1, 0.15) is 49.7 Å². The molecule has 0 amide bonds. The zero-order chi connectivity index (χ0) is 13.1. The molecule has 0 fully saturated rings. The Balaban J connectivity index is 2.06. The summed E-state index contributed by atoms with van der Waals surface area (Å²) >= 11 is 0. The molecule has 0 spiro atoms. The summed E-state index contributed by atoms with van der Waals surface area (Å²) in [6.45, 7) is 2.24. The van der Waals surface area contributed by atoms with E-state index in [9.17, 15) is 0 Å². The summed E-state index contributed by atoms with van der Waals surface area (Å²) in [5, 5.41) is 0. The fraction of sp³-hybridized carbons (Fsp3) is 0.444. The molecule has 2 aromatic rings. The number of aryl methyl sites for hydroxylation is 2. The van der Waals surface area contributed by atoms with Crippen molar-refractivity contribution in [1.82, 2.24) is 0 Å². The van der Waals surface area contributed by atoms with Crippen molar-refractivity contribution < 1.29 is 4.42 Å². The quantitative estimate of drug-likeness (QED) is 0.733. The SMILES string of the molecule is CCCCc1oc2c(c1-c1ccccc1)CCCC2. The molecule has 1 aromatic carbocycles. The van der Waals surface area contributed by atoms with Gasteiger partial charge in [-0.25, -0.2) is 0 Å². The van der Waals surface area contributed by atoms with Crippen molar-refractivity contribution in [2.75, 3.05) is 0 Å². The monoisotopic (exact) mass is 254 g/mol. The zero-order valence-electron chi connectivity index (χ0n) is 11.7. The number of unbranched alkanes of at least 4 members (excludes halogenated alkanes) is 1. The van der Waals surface area contributed by atoms with Gasteiger partial charge in [-0.15, -0.1) is 0 Å². The zero-order valence-corrected chi connectivity index (χ0v) is 11.7. The highest BCUT2D eigenvalue weighted by atomic mass is 16.3. The molecule has 1 aliphatic rings. The molecule has 1 nitrogen and oxygen atoms in total. The minimum atomic E-state index is 1.08. The van der Waals surface area contributed by atoms with Gasteiger partial charge in [0.2, 0.25) is 0 Å².